The van der Waals surface area contributed by atoms with Gasteiger partial charge in [0.15, 0.2) is 0 Å². The van der Waals surface area contributed by atoms with Crippen LogP contribution in [0.4, 0.5) is 5.69 Å². The summed E-state index contributed by atoms with van der Waals surface area (Å²) in [6.45, 7) is 5.79. The number of carbonyl (C=O) groups is 2. The molecule has 0 aliphatic carbocycles. The lowest BCUT2D eigenvalue weighted by Crippen LogP contribution is -2.47. The second-order valence-electron chi connectivity index (χ2n) is 8.86. The number of likely N-dealkylation sites (N-methyl/N-ethyl adjacent to an activating group) is 1. The molecule has 2 N–H and O–H groups in total. The van der Waals surface area contributed by atoms with Gasteiger partial charge in [0, 0.05) is 57.4 Å². The third-order valence-electron chi connectivity index (χ3n) is 5.89. The topological polar surface area (TPSA) is 73.9 Å². The van der Waals surface area contributed by atoms with Gasteiger partial charge in [-0.3, -0.25) is 9.59 Å². The highest BCUT2D eigenvalue weighted by molar-refractivity contribution is 5.97. The van der Waals surface area contributed by atoms with Gasteiger partial charge in [-0.1, -0.05) is 30.3 Å². The van der Waals surface area contributed by atoms with Gasteiger partial charge in [0.25, 0.3) is 5.91 Å². The number of para-hydroxylation sites is 1. The molecule has 3 aromatic rings. The van der Waals surface area contributed by atoms with Crippen LogP contribution in [0.2, 0.25) is 0 Å². The number of ether oxygens (including phenoxy) is 1. The Bertz CT molecular complexity index is 1160. The summed E-state index contributed by atoms with van der Waals surface area (Å²) in [6.07, 6.45) is 0. The SMILES string of the molecule is CC(=O)Nc1cc(CNCc2cccc(Oc3ccccc3)c2)cc(C(=O)N2CCN(C)CC2)c1. The summed E-state index contributed by atoms with van der Waals surface area (Å²) in [6, 6.07) is 23.2. The van der Waals surface area contributed by atoms with Crippen molar-refractivity contribution in [2.24, 2.45) is 0 Å². The first-order valence-corrected chi connectivity index (χ1v) is 11.9. The minimum Gasteiger partial charge on any atom is -0.457 e. The number of hydrogen-bond donors (Lipinski definition) is 2. The van der Waals surface area contributed by atoms with Crippen LogP contribution in [0.1, 0.15) is 28.4 Å². The molecule has 2 amide bonds. The predicted octanol–water partition coefficient (Wildman–Crippen LogP) is 4.11. The average molecular weight is 473 g/mol. The van der Waals surface area contributed by atoms with Gasteiger partial charge in [0.05, 0.1) is 0 Å². The van der Waals surface area contributed by atoms with Crippen LogP contribution in [-0.4, -0.2) is 54.8 Å². The van der Waals surface area contributed by atoms with Crippen LogP contribution < -0.4 is 15.4 Å². The highest BCUT2D eigenvalue weighted by atomic mass is 16.5. The van der Waals surface area contributed by atoms with E-state index in [-0.39, 0.29) is 11.8 Å². The molecule has 1 heterocycles. The molecule has 35 heavy (non-hydrogen) atoms. The fourth-order valence-corrected chi connectivity index (χ4v) is 4.08. The van der Waals surface area contributed by atoms with E-state index in [1.54, 1.807) is 6.07 Å². The van der Waals surface area contributed by atoms with Crippen molar-refractivity contribution in [1.82, 2.24) is 15.1 Å². The van der Waals surface area contributed by atoms with E-state index in [2.05, 4.69) is 22.6 Å². The van der Waals surface area contributed by atoms with E-state index in [1.165, 1.54) is 6.92 Å². The maximum atomic E-state index is 13.1. The van der Waals surface area contributed by atoms with Crippen LogP contribution in [0.15, 0.2) is 72.8 Å². The van der Waals surface area contributed by atoms with Gasteiger partial charge in [0.1, 0.15) is 11.5 Å². The van der Waals surface area contributed by atoms with Crippen molar-refractivity contribution in [3.8, 4) is 11.5 Å². The van der Waals surface area contributed by atoms with Crippen molar-refractivity contribution in [3.63, 3.8) is 0 Å². The molecule has 7 nitrogen and oxygen atoms in total. The van der Waals surface area contributed by atoms with Gasteiger partial charge >= 0.3 is 0 Å². The number of anilines is 1. The Morgan fingerprint density at radius 1 is 0.829 bits per heavy atom. The Morgan fingerprint density at radius 3 is 2.29 bits per heavy atom. The van der Waals surface area contributed by atoms with E-state index >= 15 is 0 Å². The summed E-state index contributed by atoms with van der Waals surface area (Å²) in [5, 5.41) is 6.27. The number of nitrogens with zero attached hydrogens (tertiary/aromatic N) is 2. The molecule has 0 radical (unpaired) electrons. The second kappa shape index (κ2) is 11.6. The van der Waals surface area contributed by atoms with Gasteiger partial charge in [-0.15, -0.1) is 0 Å². The number of amides is 2. The zero-order valence-corrected chi connectivity index (χ0v) is 20.3. The van der Waals surface area contributed by atoms with Crippen molar-refractivity contribution in [2.75, 3.05) is 38.5 Å². The van der Waals surface area contributed by atoms with Crippen LogP contribution >= 0.6 is 0 Å². The number of piperazine rings is 1. The highest BCUT2D eigenvalue weighted by Gasteiger charge is 2.21. The Kier molecular flexibility index (Phi) is 8.13. The van der Waals surface area contributed by atoms with E-state index in [4.69, 9.17) is 4.74 Å². The molecule has 182 valence electrons. The number of nitrogens with one attached hydrogen (secondary N) is 2. The molecule has 1 saturated heterocycles. The van der Waals surface area contributed by atoms with Gasteiger partial charge in [-0.25, -0.2) is 0 Å². The van der Waals surface area contributed by atoms with Gasteiger partial charge in [0.2, 0.25) is 5.91 Å². The molecule has 4 rings (SSSR count). The molecule has 0 atom stereocenters. The summed E-state index contributed by atoms with van der Waals surface area (Å²) < 4.78 is 5.93. The molecule has 1 aliphatic heterocycles. The Balaban J connectivity index is 1.42. The van der Waals surface area contributed by atoms with Crippen molar-refractivity contribution in [3.05, 3.63) is 89.5 Å². The third-order valence-corrected chi connectivity index (χ3v) is 5.89. The molecule has 0 bridgehead atoms. The number of carbonyl (C=O) groups excluding carboxylic acids is 2. The van der Waals surface area contributed by atoms with E-state index in [9.17, 15) is 9.59 Å². The summed E-state index contributed by atoms with van der Waals surface area (Å²) in [4.78, 5) is 28.9. The molecule has 0 saturated carbocycles. The third kappa shape index (κ3) is 7.15. The van der Waals surface area contributed by atoms with Crippen LogP contribution in [-0.2, 0) is 17.9 Å². The Labute approximate surface area is 206 Å². The summed E-state index contributed by atoms with van der Waals surface area (Å²) in [7, 11) is 2.06. The zero-order valence-electron chi connectivity index (χ0n) is 20.3. The van der Waals surface area contributed by atoms with Gasteiger partial charge in [-0.2, -0.15) is 0 Å². The van der Waals surface area contributed by atoms with Crippen LogP contribution in [0, 0.1) is 0 Å². The first kappa shape index (κ1) is 24.4. The lowest BCUT2D eigenvalue weighted by Gasteiger charge is -2.32. The molecule has 1 fully saturated rings. The monoisotopic (exact) mass is 472 g/mol. The fourth-order valence-electron chi connectivity index (χ4n) is 4.08. The first-order valence-electron chi connectivity index (χ1n) is 11.9. The number of rotatable bonds is 8. The highest BCUT2D eigenvalue weighted by Crippen LogP contribution is 2.22. The van der Waals surface area contributed by atoms with Gasteiger partial charge < -0.3 is 25.2 Å². The van der Waals surface area contributed by atoms with Crippen LogP contribution in [0.5, 0.6) is 11.5 Å². The smallest absolute Gasteiger partial charge is 0.254 e. The molecule has 0 aromatic heterocycles. The Morgan fingerprint density at radius 2 is 1.54 bits per heavy atom. The summed E-state index contributed by atoms with van der Waals surface area (Å²) in [5.41, 5.74) is 3.25. The van der Waals surface area contributed by atoms with Crippen LogP contribution in [0.3, 0.4) is 0 Å². The van der Waals surface area contributed by atoms with Crippen molar-refractivity contribution < 1.29 is 14.3 Å². The molecule has 0 spiro atoms. The fraction of sp³-hybridized carbons (Fsp3) is 0.286. The number of benzene rings is 3. The molecule has 0 unspecified atom stereocenters. The lowest BCUT2D eigenvalue weighted by molar-refractivity contribution is -0.114. The Hall–Kier alpha value is -3.68. The predicted molar refractivity (Wildman–Crippen MR) is 138 cm³/mol. The standard InChI is InChI=1S/C28H32N4O3/c1-21(33)30-25-16-23(15-24(18-25)28(34)32-13-11-31(2)12-14-32)20-29-19-22-7-6-10-27(17-22)35-26-8-4-3-5-9-26/h3-10,15-18,29H,11-14,19-20H2,1-2H3,(H,30,33). The molecule has 1 aliphatic rings. The maximum Gasteiger partial charge on any atom is 0.254 e. The maximum absolute atomic E-state index is 13.1. The second-order valence-corrected chi connectivity index (χ2v) is 8.86. The zero-order chi connectivity index (χ0) is 24.6. The number of hydrogen-bond acceptors (Lipinski definition) is 5. The minimum absolute atomic E-state index is 0.00249. The van der Waals surface area contributed by atoms with Crippen molar-refractivity contribution in [1.29, 1.82) is 0 Å². The molecular formula is C28H32N4O3. The molecule has 3 aromatic carbocycles. The summed E-state index contributed by atoms with van der Waals surface area (Å²) >= 11 is 0. The quantitative estimate of drug-likeness (QED) is 0.516. The first-order chi connectivity index (χ1) is 17.0. The van der Waals surface area contributed by atoms with Crippen LogP contribution in [0.25, 0.3) is 0 Å². The van der Waals surface area contributed by atoms with Crippen molar-refractivity contribution >= 4 is 17.5 Å². The molecular weight excluding hydrogens is 440 g/mol. The van der Waals surface area contributed by atoms with E-state index in [0.717, 1.165) is 35.7 Å². The summed E-state index contributed by atoms with van der Waals surface area (Å²) in [5.74, 6) is 1.41. The van der Waals surface area contributed by atoms with Gasteiger partial charge in [-0.05, 0) is 60.6 Å². The van der Waals surface area contributed by atoms with Crippen molar-refractivity contribution in [2.45, 2.75) is 20.0 Å². The average Bonchev–Trinajstić information content (AvgIpc) is 2.84. The normalized spacial score (nSPS) is 13.9. The largest absolute Gasteiger partial charge is 0.457 e. The van der Waals surface area contributed by atoms with E-state index < -0.39 is 0 Å². The molecule has 7 heteroatoms. The minimum atomic E-state index is -0.164. The lowest BCUT2D eigenvalue weighted by atomic mass is 10.1. The van der Waals surface area contributed by atoms with E-state index in [1.807, 2.05) is 71.6 Å². The van der Waals surface area contributed by atoms with E-state index in [0.29, 0.717) is 37.4 Å².